The third-order valence-corrected chi connectivity index (χ3v) is 6.30. The van der Waals surface area contributed by atoms with E-state index < -0.39 is 15.6 Å². The molecule has 0 unspecified atom stereocenters. The van der Waals surface area contributed by atoms with Crippen molar-refractivity contribution < 1.29 is 30.6 Å². The van der Waals surface area contributed by atoms with Gasteiger partial charge in [-0.1, -0.05) is 65.2 Å². The maximum atomic E-state index is 10.7. The summed E-state index contributed by atoms with van der Waals surface area (Å²) in [6.45, 7) is 10.5. The smallest absolute Gasteiger partial charge is 0.485 e. The largest absolute Gasteiger partial charge is 0.741 e. The highest BCUT2D eigenvalue weighted by molar-refractivity contribution is 7.86. The van der Waals surface area contributed by atoms with Crippen LogP contribution < -0.4 is 0 Å². The number of halogens is 3. The van der Waals surface area contributed by atoms with Crippen LogP contribution in [0.5, 0.6) is 0 Å². The van der Waals surface area contributed by atoms with Crippen LogP contribution in [0.3, 0.4) is 0 Å². The molecule has 1 saturated heterocycles. The molecule has 0 aromatic carbocycles. The summed E-state index contributed by atoms with van der Waals surface area (Å²) in [5.74, 6) is 0. The highest BCUT2D eigenvalue weighted by atomic mass is 32.2. The zero-order valence-electron chi connectivity index (χ0n) is 18.4. The molecular formula is C21H42F3NO3S. The van der Waals surface area contributed by atoms with Crippen molar-refractivity contribution in [1.29, 1.82) is 0 Å². The molecule has 0 atom stereocenters. The molecule has 1 fully saturated rings. The molecule has 0 aromatic rings. The Bertz CT molecular complexity index is 484. The summed E-state index contributed by atoms with van der Waals surface area (Å²) < 4.78 is 60.4. The van der Waals surface area contributed by atoms with Gasteiger partial charge in [-0.15, -0.1) is 0 Å². The Morgan fingerprint density at radius 1 is 0.724 bits per heavy atom. The zero-order valence-corrected chi connectivity index (χ0v) is 19.3. The second-order valence-corrected chi connectivity index (χ2v) is 9.75. The standard InChI is InChI=1S/C20H42N.CHF3O3S/c1-3-5-6-7-8-9-10-11-12-14-18-21(17-4-2)19-15-13-16-20-21;2-1(3,4)8(5,6)7/h3-20H2,1-2H3;(H,5,6,7)/q+1;/p-1. The van der Waals surface area contributed by atoms with Gasteiger partial charge in [0.1, 0.15) is 0 Å². The van der Waals surface area contributed by atoms with Crippen LogP contribution in [0.4, 0.5) is 13.2 Å². The lowest BCUT2D eigenvalue weighted by Crippen LogP contribution is -2.52. The highest BCUT2D eigenvalue weighted by Gasteiger charge is 2.36. The predicted molar refractivity (Wildman–Crippen MR) is 111 cm³/mol. The van der Waals surface area contributed by atoms with Gasteiger partial charge in [0.15, 0.2) is 10.1 Å². The van der Waals surface area contributed by atoms with Crippen LogP contribution in [0.25, 0.3) is 0 Å². The van der Waals surface area contributed by atoms with Gasteiger partial charge in [-0.25, -0.2) is 8.42 Å². The van der Waals surface area contributed by atoms with Crippen LogP contribution in [-0.4, -0.2) is 49.1 Å². The molecule has 4 nitrogen and oxygen atoms in total. The molecule has 1 rings (SSSR count). The summed E-state index contributed by atoms with van der Waals surface area (Å²) in [4.78, 5) is 0. The molecule has 176 valence electrons. The SMILES string of the molecule is CCCCCCCCCCCC[N+]1(CCC)CCCCC1.O=S(=O)([O-])C(F)(F)F. The molecule has 1 heterocycles. The number of nitrogens with zero attached hydrogens (tertiary/aromatic N) is 1. The van der Waals surface area contributed by atoms with Gasteiger partial charge in [0.2, 0.25) is 0 Å². The van der Waals surface area contributed by atoms with Gasteiger partial charge in [0.05, 0.1) is 26.2 Å². The maximum absolute atomic E-state index is 10.7. The van der Waals surface area contributed by atoms with Crippen molar-refractivity contribution in [3.63, 3.8) is 0 Å². The molecule has 0 saturated carbocycles. The molecule has 0 aromatic heterocycles. The van der Waals surface area contributed by atoms with E-state index in [0.29, 0.717) is 0 Å². The Morgan fingerprint density at radius 3 is 1.52 bits per heavy atom. The van der Waals surface area contributed by atoms with Crippen molar-refractivity contribution in [2.24, 2.45) is 0 Å². The Hall–Kier alpha value is -0.340. The van der Waals surface area contributed by atoms with Gasteiger partial charge < -0.3 is 9.04 Å². The van der Waals surface area contributed by atoms with Crippen LogP contribution in [0.15, 0.2) is 0 Å². The lowest BCUT2D eigenvalue weighted by atomic mass is 10.0. The number of rotatable bonds is 13. The minimum absolute atomic E-state index is 1.37. The number of likely N-dealkylation sites (tertiary alicyclic amines) is 1. The second-order valence-electron chi connectivity index (χ2n) is 8.38. The molecule has 8 heteroatoms. The summed E-state index contributed by atoms with van der Waals surface area (Å²) in [5, 5.41) is 0. The molecular weight excluding hydrogens is 403 g/mol. The van der Waals surface area contributed by atoms with Crippen molar-refractivity contribution in [1.82, 2.24) is 0 Å². The first kappa shape index (κ1) is 28.7. The molecule has 0 spiro atoms. The fraction of sp³-hybridized carbons (Fsp3) is 1.00. The first-order valence-corrected chi connectivity index (χ1v) is 12.9. The number of piperidine rings is 1. The highest BCUT2D eigenvalue weighted by Crippen LogP contribution is 2.22. The van der Waals surface area contributed by atoms with E-state index in [4.69, 9.17) is 13.0 Å². The van der Waals surface area contributed by atoms with Crippen LogP contribution in [0, 0.1) is 0 Å². The van der Waals surface area contributed by atoms with Gasteiger partial charge >= 0.3 is 5.51 Å². The Kier molecular flexibility index (Phi) is 15.3. The van der Waals surface area contributed by atoms with E-state index in [1.807, 2.05) is 0 Å². The summed E-state index contributed by atoms with van der Waals surface area (Å²) >= 11 is 0. The minimum Gasteiger partial charge on any atom is -0.741 e. The average Bonchev–Trinajstić information content (AvgIpc) is 2.63. The monoisotopic (exact) mass is 445 g/mol. The molecule has 1 aliphatic heterocycles. The van der Waals surface area contributed by atoms with Gasteiger partial charge in [-0.2, -0.15) is 13.2 Å². The molecule has 0 bridgehead atoms. The molecule has 0 aliphatic carbocycles. The Morgan fingerprint density at radius 2 is 1.14 bits per heavy atom. The number of unbranched alkanes of at least 4 members (excludes halogenated alkanes) is 9. The van der Waals surface area contributed by atoms with Crippen molar-refractivity contribution in [3.05, 3.63) is 0 Å². The van der Waals surface area contributed by atoms with E-state index in [1.165, 1.54) is 121 Å². The summed E-state index contributed by atoms with van der Waals surface area (Å²) in [5.41, 5.74) is -5.65. The van der Waals surface area contributed by atoms with E-state index in [-0.39, 0.29) is 0 Å². The van der Waals surface area contributed by atoms with E-state index >= 15 is 0 Å². The Labute approximate surface area is 176 Å². The molecule has 0 amide bonds. The van der Waals surface area contributed by atoms with E-state index in [2.05, 4.69) is 13.8 Å². The number of hydrogen-bond donors (Lipinski definition) is 0. The van der Waals surface area contributed by atoms with Crippen molar-refractivity contribution in [2.75, 3.05) is 26.2 Å². The van der Waals surface area contributed by atoms with Crippen molar-refractivity contribution in [3.8, 4) is 0 Å². The average molecular weight is 446 g/mol. The topological polar surface area (TPSA) is 57.2 Å². The lowest BCUT2D eigenvalue weighted by Gasteiger charge is -2.41. The first-order valence-electron chi connectivity index (χ1n) is 11.5. The lowest BCUT2D eigenvalue weighted by molar-refractivity contribution is -0.932. The second kappa shape index (κ2) is 15.5. The normalized spacial score (nSPS) is 16.9. The van der Waals surface area contributed by atoms with E-state index in [1.54, 1.807) is 0 Å². The van der Waals surface area contributed by atoms with Crippen LogP contribution in [0.2, 0.25) is 0 Å². The third-order valence-electron chi connectivity index (χ3n) is 5.73. The predicted octanol–water partition coefficient (Wildman–Crippen LogP) is 6.37. The van der Waals surface area contributed by atoms with Crippen LogP contribution in [0.1, 0.15) is 104 Å². The maximum Gasteiger partial charge on any atom is 0.485 e. The number of alkyl halides is 3. The van der Waals surface area contributed by atoms with Gasteiger partial charge in [0, 0.05) is 0 Å². The van der Waals surface area contributed by atoms with Crippen LogP contribution >= 0.6 is 0 Å². The van der Waals surface area contributed by atoms with Crippen LogP contribution in [-0.2, 0) is 10.1 Å². The molecule has 29 heavy (non-hydrogen) atoms. The van der Waals surface area contributed by atoms with E-state index in [9.17, 15) is 13.2 Å². The van der Waals surface area contributed by atoms with E-state index in [0.717, 1.165) is 0 Å². The summed E-state index contributed by atoms with van der Waals surface area (Å²) in [7, 11) is -6.09. The van der Waals surface area contributed by atoms with Crippen molar-refractivity contribution >= 4 is 10.1 Å². The zero-order chi connectivity index (χ0) is 22.2. The summed E-state index contributed by atoms with van der Waals surface area (Å²) in [6, 6.07) is 0. The summed E-state index contributed by atoms with van der Waals surface area (Å²) in [6.07, 6.45) is 20.5. The number of quaternary nitrogens is 1. The molecule has 0 radical (unpaired) electrons. The quantitative estimate of drug-likeness (QED) is 0.143. The first-order chi connectivity index (χ1) is 13.6. The number of hydrogen-bond acceptors (Lipinski definition) is 3. The van der Waals surface area contributed by atoms with Gasteiger partial charge in [0.25, 0.3) is 0 Å². The fourth-order valence-corrected chi connectivity index (χ4v) is 4.15. The van der Waals surface area contributed by atoms with Gasteiger partial charge in [-0.3, -0.25) is 0 Å². The van der Waals surface area contributed by atoms with Crippen molar-refractivity contribution in [2.45, 2.75) is 109 Å². The molecule has 1 aliphatic rings. The third kappa shape index (κ3) is 14.3. The Balaban J connectivity index is 0.000000828. The molecule has 0 N–H and O–H groups in total. The fourth-order valence-electron chi connectivity index (χ4n) is 4.15. The minimum atomic E-state index is -6.09. The van der Waals surface area contributed by atoms with Gasteiger partial charge in [-0.05, 0) is 38.5 Å².